The molecule has 0 amide bonds. The maximum absolute atomic E-state index is 3.92. The first-order valence-corrected chi connectivity index (χ1v) is 13.9. The third kappa shape index (κ3) is 26.0. The number of hydrogen-bond acceptors (Lipinski definition) is 0. The van der Waals surface area contributed by atoms with Crippen LogP contribution in [0.4, 0.5) is 0 Å². The minimum absolute atomic E-state index is 0.959. The van der Waals surface area contributed by atoms with Crippen molar-refractivity contribution in [3.8, 4) is 0 Å². The van der Waals surface area contributed by atoms with Crippen LogP contribution in [0.25, 0.3) is 0 Å². The van der Waals surface area contributed by atoms with E-state index in [0.717, 1.165) is 18.8 Å². The summed E-state index contributed by atoms with van der Waals surface area (Å²) in [6, 6.07) is 0. The second kappa shape index (κ2) is 26.0. The van der Waals surface area contributed by atoms with Gasteiger partial charge in [-0.3, -0.25) is 0 Å². The topological polar surface area (TPSA) is 0 Å². The molecule has 0 aromatic carbocycles. The molecule has 0 bridgehead atoms. The van der Waals surface area contributed by atoms with Gasteiger partial charge in [0, 0.05) is 0 Å². The van der Waals surface area contributed by atoms with E-state index in [4.69, 9.17) is 0 Å². The summed E-state index contributed by atoms with van der Waals surface area (Å²) in [6.45, 7) is 10.3. The van der Waals surface area contributed by atoms with Crippen LogP contribution in [0.3, 0.4) is 0 Å². The van der Waals surface area contributed by atoms with Crippen LogP contribution in [-0.2, 0) is 0 Å². The molecule has 174 valence electrons. The number of hydrogen-bond donors (Lipinski definition) is 0. The Hall–Kier alpha value is 0. The molecule has 0 rings (SSSR count). The summed E-state index contributed by atoms with van der Waals surface area (Å²) >= 11 is 0. The van der Waals surface area contributed by atoms with Gasteiger partial charge in [-0.2, -0.15) is 0 Å². The zero-order chi connectivity index (χ0) is 21.3. The second-order valence-corrected chi connectivity index (χ2v) is 9.81. The normalized spacial score (nSPS) is 12.5. The Morgan fingerprint density at radius 3 is 0.793 bits per heavy atom. The summed E-state index contributed by atoms with van der Waals surface area (Å²) in [4.78, 5) is 0. The lowest BCUT2D eigenvalue weighted by Crippen LogP contribution is -1.95. The van der Waals surface area contributed by atoms with Crippen LogP contribution < -0.4 is 0 Å². The number of rotatable bonds is 25. The van der Waals surface area contributed by atoms with E-state index in [1.165, 1.54) is 148 Å². The largest absolute Gasteiger partial charge is 0.0625 e. The molecule has 0 aromatic heterocycles. The highest BCUT2D eigenvalue weighted by molar-refractivity contribution is 4.56. The predicted molar refractivity (Wildman–Crippen MR) is 135 cm³/mol. The summed E-state index contributed by atoms with van der Waals surface area (Å²) < 4.78 is 0. The van der Waals surface area contributed by atoms with Gasteiger partial charge in [-0.05, 0) is 5.92 Å². The predicted octanol–water partition coefficient (Wildman–Crippen LogP) is 11.0. The quantitative estimate of drug-likeness (QED) is 0.132. The minimum atomic E-state index is 0.959. The first-order chi connectivity index (χ1) is 14.3. The van der Waals surface area contributed by atoms with Crippen LogP contribution in [0.2, 0.25) is 0 Å². The highest BCUT2D eigenvalue weighted by Crippen LogP contribution is 2.19. The highest BCUT2D eigenvalue weighted by atomic mass is 14.1. The molecule has 0 heteroatoms. The number of unbranched alkanes of at least 4 members (excludes halogenated alkanes) is 21. The lowest BCUT2D eigenvalue weighted by molar-refractivity contribution is 0.430. The molecule has 0 saturated heterocycles. The fraction of sp³-hybridized carbons (Fsp3) is 0.931. The van der Waals surface area contributed by atoms with Crippen LogP contribution in [0.1, 0.15) is 167 Å². The van der Waals surface area contributed by atoms with E-state index < -0.39 is 0 Å². The van der Waals surface area contributed by atoms with Gasteiger partial charge in [0.1, 0.15) is 0 Å². The molecule has 1 atom stereocenters. The van der Waals surface area contributed by atoms with Crippen molar-refractivity contribution in [3.05, 3.63) is 13.8 Å². The molecule has 0 fully saturated rings. The standard InChI is InChI=1S/C29H58/c1-4-6-8-10-12-14-15-16-17-18-20-22-24-26-28-29(3)27-25-23-21-19-13-11-9-7-5-2/h29H,1-2,4-28H2,3H3. The van der Waals surface area contributed by atoms with E-state index >= 15 is 0 Å². The smallest absolute Gasteiger partial charge is 0.0443 e. The van der Waals surface area contributed by atoms with Crippen molar-refractivity contribution in [1.29, 1.82) is 0 Å². The monoisotopic (exact) mass is 406 g/mol. The van der Waals surface area contributed by atoms with E-state index in [0.29, 0.717) is 0 Å². The summed E-state index contributed by atoms with van der Waals surface area (Å²) in [5.41, 5.74) is 0. The van der Waals surface area contributed by atoms with E-state index in [2.05, 4.69) is 20.8 Å². The fourth-order valence-corrected chi connectivity index (χ4v) is 4.49. The van der Waals surface area contributed by atoms with Crippen LogP contribution in [0.5, 0.6) is 0 Å². The minimum Gasteiger partial charge on any atom is -0.0625 e. The van der Waals surface area contributed by atoms with Gasteiger partial charge in [0.2, 0.25) is 0 Å². The zero-order valence-electron chi connectivity index (χ0n) is 20.7. The van der Waals surface area contributed by atoms with Crippen LogP contribution in [0.15, 0.2) is 0 Å². The lowest BCUT2D eigenvalue weighted by Gasteiger charge is -2.11. The maximum Gasteiger partial charge on any atom is -0.0443 e. The Bertz CT molecular complexity index is 269. The van der Waals surface area contributed by atoms with Gasteiger partial charge in [-0.25, -0.2) is 0 Å². The molecular formula is C29H58. The van der Waals surface area contributed by atoms with Crippen molar-refractivity contribution in [1.82, 2.24) is 0 Å². The SMILES string of the molecule is [CH2]CCCCCCCCCCCCCCCC(C)CCCCCCCCCC[CH2]. The summed E-state index contributed by atoms with van der Waals surface area (Å²) in [5, 5.41) is 0. The van der Waals surface area contributed by atoms with Crippen molar-refractivity contribution in [2.45, 2.75) is 167 Å². The van der Waals surface area contributed by atoms with Gasteiger partial charge in [0.15, 0.2) is 0 Å². The summed E-state index contributed by atoms with van der Waals surface area (Å²) in [5.74, 6) is 0.959. The average Bonchev–Trinajstić information content (AvgIpc) is 2.72. The molecule has 0 aliphatic rings. The second-order valence-electron chi connectivity index (χ2n) is 9.81. The van der Waals surface area contributed by atoms with Crippen molar-refractivity contribution < 1.29 is 0 Å². The highest BCUT2D eigenvalue weighted by Gasteiger charge is 2.02. The Kier molecular flexibility index (Phi) is 26.0. The molecule has 0 spiro atoms. The molecule has 2 radical (unpaired) electrons. The average molecular weight is 407 g/mol. The molecule has 0 saturated carbocycles. The fourth-order valence-electron chi connectivity index (χ4n) is 4.49. The molecule has 1 unspecified atom stereocenters. The maximum atomic E-state index is 3.92. The molecular weight excluding hydrogens is 348 g/mol. The van der Waals surface area contributed by atoms with Gasteiger partial charge in [0.05, 0.1) is 0 Å². The van der Waals surface area contributed by atoms with E-state index in [1.807, 2.05) is 0 Å². The first kappa shape index (κ1) is 29.0. The van der Waals surface area contributed by atoms with Crippen LogP contribution >= 0.6 is 0 Å². The van der Waals surface area contributed by atoms with Gasteiger partial charge in [0.25, 0.3) is 0 Å². The van der Waals surface area contributed by atoms with Gasteiger partial charge < -0.3 is 0 Å². The Morgan fingerprint density at radius 2 is 0.552 bits per heavy atom. The molecule has 0 aliphatic carbocycles. The van der Waals surface area contributed by atoms with E-state index in [1.54, 1.807) is 0 Å². The third-order valence-corrected chi connectivity index (χ3v) is 6.64. The van der Waals surface area contributed by atoms with Gasteiger partial charge in [-0.15, -0.1) is 0 Å². The Labute approximate surface area is 187 Å². The van der Waals surface area contributed by atoms with Gasteiger partial charge >= 0.3 is 0 Å². The molecule has 0 nitrogen and oxygen atoms in total. The van der Waals surface area contributed by atoms with E-state index in [-0.39, 0.29) is 0 Å². The van der Waals surface area contributed by atoms with Crippen LogP contribution in [0, 0.1) is 19.8 Å². The van der Waals surface area contributed by atoms with Crippen molar-refractivity contribution in [2.24, 2.45) is 5.92 Å². The van der Waals surface area contributed by atoms with E-state index in [9.17, 15) is 0 Å². The third-order valence-electron chi connectivity index (χ3n) is 6.64. The molecule has 0 heterocycles. The van der Waals surface area contributed by atoms with Crippen molar-refractivity contribution in [2.75, 3.05) is 0 Å². The van der Waals surface area contributed by atoms with Crippen molar-refractivity contribution in [3.63, 3.8) is 0 Å². The van der Waals surface area contributed by atoms with Gasteiger partial charge in [-0.1, -0.05) is 181 Å². The van der Waals surface area contributed by atoms with Crippen molar-refractivity contribution >= 4 is 0 Å². The summed E-state index contributed by atoms with van der Waals surface area (Å²) in [6.07, 6.45) is 35.6. The molecule has 0 N–H and O–H groups in total. The zero-order valence-corrected chi connectivity index (χ0v) is 20.7. The summed E-state index contributed by atoms with van der Waals surface area (Å²) in [7, 11) is 0. The Balaban J connectivity index is 3.12. The lowest BCUT2D eigenvalue weighted by atomic mass is 9.95. The Morgan fingerprint density at radius 1 is 0.345 bits per heavy atom. The first-order valence-electron chi connectivity index (χ1n) is 13.9. The molecule has 29 heavy (non-hydrogen) atoms. The molecule has 0 aromatic rings. The van der Waals surface area contributed by atoms with Crippen LogP contribution in [-0.4, -0.2) is 0 Å². The molecule has 0 aliphatic heterocycles.